The summed E-state index contributed by atoms with van der Waals surface area (Å²) in [6.07, 6.45) is -4.57. The Morgan fingerprint density at radius 2 is 1.82 bits per heavy atom. The molecule has 8 heteroatoms. The van der Waals surface area contributed by atoms with Crippen molar-refractivity contribution < 1.29 is 28.1 Å². The van der Waals surface area contributed by atoms with Crippen molar-refractivity contribution in [3.8, 4) is 28.5 Å². The van der Waals surface area contributed by atoms with Gasteiger partial charge < -0.3 is 20.7 Å². The SMILES string of the molecule is COc1cc(-c2c(C)cc(C(F)(F)F)cc2O)nc(N)c1O. The molecule has 0 radical (unpaired) electrons. The molecule has 0 fully saturated rings. The lowest BCUT2D eigenvalue weighted by molar-refractivity contribution is -0.137. The van der Waals surface area contributed by atoms with Gasteiger partial charge in [-0.3, -0.25) is 0 Å². The summed E-state index contributed by atoms with van der Waals surface area (Å²) < 4.78 is 43.1. The van der Waals surface area contributed by atoms with Crippen molar-refractivity contribution in [2.24, 2.45) is 0 Å². The summed E-state index contributed by atoms with van der Waals surface area (Å²) in [4.78, 5) is 3.87. The second-order valence-electron chi connectivity index (χ2n) is 4.63. The summed E-state index contributed by atoms with van der Waals surface area (Å²) in [6, 6.07) is 2.78. The van der Waals surface area contributed by atoms with Crippen LogP contribution in [-0.2, 0) is 6.18 Å². The zero-order valence-corrected chi connectivity index (χ0v) is 11.7. The molecule has 0 spiro atoms. The Hall–Kier alpha value is -2.64. The highest BCUT2D eigenvalue weighted by Crippen LogP contribution is 2.41. The average molecular weight is 314 g/mol. The van der Waals surface area contributed by atoms with Crippen molar-refractivity contribution in [3.05, 3.63) is 29.3 Å². The van der Waals surface area contributed by atoms with Gasteiger partial charge in [-0.2, -0.15) is 13.2 Å². The van der Waals surface area contributed by atoms with E-state index in [1.807, 2.05) is 0 Å². The summed E-state index contributed by atoms with van der Waals surface area (Å²) in [5.41, 5.74) is 4.90. The van der Waals surface area contributed by atoms with Gasteiger partial charge in [0.05, 0.1) is 18.4 Å². The van der Waals surface area contributed by atoms with Gasteiger partial charge in [0.1, 0.15) is 5.75 Å². The molecule has 0 saturated heterocycles. The number of aromatic hydroxyl groups is 2. The Balaban J connectivity index is 2.66. The third-order valence-corrected chi connectivity index (χ3v) is 3.10. The van der Waals surface area contributed by atoms with Crippen molar-refractivity contribution in [1.29, 1.82) is 0 Å². The van der Waals surface area contributed by atoms with E-state index in [9.17, 15) is 23.4 Å². The Morgan fingerprint density at radius 1 is 1.18 bits per heavy atom. The average Bonchev–Trinajstić information content (AvgIpc) is 2.40. The van der Waals surface area contributed by atoms with Crippen molar-refractivity contribution in [2.75, 3.05) is 12.8 Å². The first kappa shape index (κ1) is 15.7. The lowest BCUT2D eigenvalue weighted by atomic mass is 10.00. The van der Waals surface area contributed by atoms with Crippen LogP contribution in [0.1, 0.15) is 11.1 Å². The number of rotatable bonds is 2. The fraction of sp³-hybridized carbons (Fsp3) is 0.214. The highest BCUT2D eigenvalue weighted by Gasteiger charge is 2.32. The monoisotopic (exact) mass is 314 g/mol. The van der Waals surface area contributed by atoms with Crippen LogP contribution in [0.5, 0.6) is 17.2 Å². The van der Waals surface area contributed by atoms with Gasteiger partial charge in [-0.05, 0) is 24.6 Å². The van der Waals surface area contributed by atoms with Crippen LogP contribution in [0.4, 0.5) is 19.0 Å². The normalized spacial score (nSPS) is 11.5. The van der Waals surface area contributed by atoms with Gasteiger partial charge in [-0.1, -0.05) is 0 Å². The molecule has 22 heavy (non-hydrogen) atoms. The van der Waals surface area contributed by atoms with Gasteiger partial charge in [-0.25, -0.2) is 4.98 Å². The molecule has 5 nitrogen and oxygen atoms in total. The lowest BCUT2D eigenvalue weighted by Gasteiger charge is -2.14. The maximum absolute atomic E-state index is 12.7. The largest absolute Gasteiger partial charge is 0.507 e. The van der Waals surface area contributed by atoms with E-state index in [0.29, 0.717) is 6.07 Å². The van der Waals surface area contributed by atoms with Gasteiger partial charge in [-0.15, -0.1) is 0 Å². The van der Waals surface area contributed by atoms with E-state index < -0.39 is 17.5 Å². The van der Waals surface area contributed by atoms with E-state index in [1.54, 1.807) is 0 Å². The topological polar surface area (TPSA) is 88.6 Å². The quantitative estimate of drug-likeness (QED) is 0.793. The van der Waals surface area contributed by atoms with Crippen LogP contribution in [0.15, 0.2) is 18.2 Å². The number of nitrogens with two attached hydrogens (primary N) is 1. The molecule has 1 heterocycles. The van der Waals surface area contributed by atoms with Crippen LogP contribution in [0.25, 0.3) is 11.3 Å². The minimum absolute atomic E-state index is 0.00111. The molecule has 0 aliphatic carbocycles. The number of ether oxygens (including phenoxy) is 1. The van der Waals surface area contributed by atoms with Crippen LogP contribution in [-0.4, -0.2) is 22.3 Å². The second-order valence-corrected chi connectivity index (χ2v) is 4.63. The molecule has 0 atom stereocenters. The summed E-state index contributed by atoms with van der Waals surface area (Å²) in [7, 11) is 1.29. The van der Waals surface area contributed by atoms with Crippen molar-refractivity contribution in [1.82, 2.24) is 4.98 Å². The molecule has 0 aliphatic rings. The molecule has 0 unspecified atom stereocenters. The maximum atomic E-state index is 12.7. The van der Waals surface area contributed by atoms with E-state index in [0.717, 1.165) is 6.07 Å². The molecular weight excluding hydrogens is 301 g/mol. The predicted octanol–water partition coefficient (Wildman–Crippen LogP) is 3.08. The lowest BCUT2D eigenvalue weighted by Crippen LogP contribution is -2.06. The molecule has 0 saturated carbocycles. The third kappa shape index (κ3) is 2.72. The number of nitrogen functional groups attached to an aromatic ring is 1. The number of nitrogens with zero attached hydrogens (tertiary/aromatic N) is 1. The zero-order valence-electron chi connectivity index (χ0n) is 11.7. The van der Waals surface area contributed by atoms with Crippen LogP contribution < -0.4 is 10.5 Å². The summed E-state index contributed by atoms with van der Waals surface area (Å²) >= 11 is 0. The van der Waals surface area contributed by atoms with Crippen LogP contribution in [0.3, 0.4) is 0 Å². The first-order valence-corrected chi connectivity index (χ1v) is 6.09. The third-order valence-electron chi connectivity index (χ3n) is 3.10. The molecule has 118 valence electrons. The van der Waals surface area contributed by atoms with Crippen LogP contribution in [0, 0.1) is 6.92 Å². The molecule has 2 aromatic rings. The number of aryl methyl sites for hydroxylation is 1. The molecule has 2 rings (SSSR count). The molecular formula is C14H13F3N2O3. The molecule has 4 N–H and O–H groups in total. The molecule has 1 aromatic heterocycles. The number of methoxy groups -OCH3 is 1. The minimum Gasteiger partial charge on any atom is -0.507 e. The number of phenols is 1. The first-order chi connectivity index (χ1) is 10.1. The van der Waals surface area contributed by atoms with E-state index in [-0.39, 0.29) is 34.1 Å². The van der Waals surface area contributed by atoms with Gasteiger partial charge >= 0.3 is 6.18 Å². The number of halogens is 3. The Kier molecular flexibility index (Phi) is 3.78. The van der Waals surface area contributed by atoms with Crippen molar-refractivity contribution >= 4 is 5.82 Å². The molecule has 0 aliphatic heterocycles. The number of anilines is 1. The highest BCUT2D eigenvalue weighted by atomic mass is 19.4. The first-order valence-electron chi connectivity index (χ1n) is 6.09. The van der Waals surface area contributed by atoms with E-state index >= 15 is 0 Å². The number of phenolic OH excluding ortho intramolecular Hbond substituents is 1. The van der Waals surface area contributed by atoms with Gasteiger partial charge in [0.2, 0.25) is 5.75 Å². The van der Waals surface area contributed by atoms with E-state index in [1.165, 1.54) is 20.1 Å². The second kappa shape index (κ2) is 5.28. The zero-order chi connectivity index (χ0) is 16.7. The predicted molar refractivity (Wildman–Crippen MR) is 73.7 cm³/mol. The number of hydrogen-bond donors (Lipinski definition) is 3. The number of pyridine rings is 1. The molecule has 0 bridgehead atoms. The van der Waals surface area contributed by atoms with Crippen molar-refractivity contribution in [2.45, 2.75) is 13.1 Å². The highest BCUT2D eigenvalue weighted by molar-refractivity contribution is 5.75. The van der Waals surface area contributed by atoms with Gasteiger partial charge in [0, 0.05) is 11.6 Å². The Labute approximate surface area is 123 Å². The fourth-order valence-corrected chi connectivity index (χ4v) is 2.08. The number of alkyl halides is 3. The minimum atomic E-state index is -4.57. The smallest absolute Gasteiger partial charge is 0.416 e. The number of benzene rings is 1. The Bertz CT molecular complexity index is 707. The Morgan fingerprint density at radius 3 is 2.32 bits per heavy atom. The summed E-state index contributed by atoms with van der Waals surface area (Å²) in [5.74, 6) is -1.23. The van der Waals surface area contributed by atoms with E-state index in [2.05, 4.69) is 4.98 Å². The van der Waals surface area contributed by atoms with Crippen LogP contribution >= 0.6 is 0 Å². The summed E-state index contributed by atoms with van der Waals surface area (Å²) in [5, 5.41) is 19.6. The van der Waals surface area contributed by atoms with E-state index in [4.69, 9.17) is 10.5 Å². The van der Waals surface area contributed by atoms with Gasteiger partial charge in [0.15, 0.2) is 11.6 Å². The molecule has 1 aromatic carbocycles. The maximum Gasteiger partial charge on any atom is 0.416 e. The standard InChI is InChI=1S/C14H13F3N2O3/c1-6-3-7(14(15,16)17)4-9(20)11(6)8-5-10(22-2)12(21)13(18)19-8/h3-5,20-21H,1-2H3,(H2,18,19). The number of aromatic nitrogens is 1. The molecule has 0 amide bonds. The summed E-state index contributed by atoms with van der Waals surface area (Å²) in [6.45, 7) is 1.40. The van der Waals surface area contributed by atoms with Crippen molar-refractivity contribution in [3.63, 3.8) is 0 Å². The number of hydrogen-bond acceptors (Lipinski definition) is 5. The van der Waals surface area contributed by atoms with Gasteiger partial charge in [0.25, 0.3) is 0 Å². The fourth-order valence-electron chi connectivity index (χ4n) is 2.08. The van der Waals surface area contributed by atoms with Crippen LogP contribution in [0.2, 0.25) is 0 Å².